The van der Waals surface area contributed by atoms with Gasteiger partial charge in [0.15, 0.2) is 0 Å². The van der Waals surface area contributed by atoms with Gasteiger partial charge in [0.05, 0.1) is 30.4 Å². The maximum Gasteiger partial charge on any atom is 0.131 e. The number of allylic oxidation sites excluding steroid dienone is 2. The Labute approximate surface area is 187 Å². The van der Waals surface area contributed by atoms with E-state index in [0.717, 1.165) is 49.7 Å². The van der Waals surface area contributed by atoms with Gasteiger partial charge in [-0.3, -0.25) is 4.90 Å². The number of fused-ring (bicyclic) bond motifs is 1. The minimum atomic E-state index is 0.350. The summed E-state index contributed by atoms with van der Waals surface area (Å²) in [7, 11) is 1.60. The van der Waals surface area contributed by atoms with Crippen LogP contribution in [0, 0.1) is 0 Å². The molecule has 8 heteroatoms. The highest BCUT2D eigenvalue weighted by Crippen LogP contribution is 2.31. The number of methoxy groups -OCH3 is 1. The van der Waals surface area contributed by atoms with Gasteiger partial charge in [-0.15, -0.1) is 0 Å². The molecule has 1 aliphatic heterocycles. The van der Waals surface area contributed by atoms with Crippen LogP contribution >= 0.6 is 23.2 Å². The van der Waals surface area contributed by atoms with E-state index in [9.17, 15) is 0 Å². The first-order valence-electron chi connectivity index (χ1n) is 9.91. The molecule has 1 aromatic carbocycles. The minimum absolute atomic E-state index is 0.350. The molecule has 0 atom stereocenters. The molecule has 1 saturated heterocycles. The Hall–Kier alpha value is -1.83. The van der Waals surface area contributed by atoms with Crippen LogP contribution in [0.5, 0.6) is 5.75 Å². The first-order chi connectivity index (χ1) is 14.6. The molecule has 1 aliphatic rings. The number of hydrogen-bond acceptors (Lipinski definition) is 6. The molecule has 3 rings (SSSR count). The molecule has 0 saturated carbocycles. The van der Waals surface area contributed by atoms with Crippen molar-refractivity contribution in [3.05, 3.63) is 52.2 Å². The number of nitrogens with zero attached hydrogens (tertiary/aromatic N) is 2. The van der Waals surface area contributed by atoms with Gasteiger partial charge in [0, 0.05) is 42.9 Å². The lowest BCUT2D eigenvalue weighted by Crippen LogP contribution is -2.38. The average molecular weight is 452 g/mol. The standard InChI is InChI=1S/C22H27Cl2N3O3/c1-3-17(14-16(23)15-28-2)25-21-7-4-18-20(6-5-19(24)22(18)26-21)30-13-10-27-8-11-29-12-9-27/h3-7,14H,8-13,15H2,1-2H3,(H,25,26)/b16-14+,17-3+. The topological polar surface area (TPSA) is 55.8 Å². The highest BCUT2D eigenvalue weighted by atomic mass is 35.5. The van der Waals surface area contributed by atoms with Crippen molar-refractivity contribution in [1.29, 1.82) is 0 Å². The highest BCUT2D eigenvalue weighted by Gasteiger charge is 2.12. The van der Waals surface area contributed by atoms with E-state index < -0.39 is 0 Å². The number of rotatable bonds is 9. The molecule has 1 fully saturated rings. The molecule has 162 valence electrons. The summed E-state index contributed by atoms with van der Waals surface area (Å²) in [5.74, 6) is 1.44. The number of ether oxygens (including phenoxy) is 3. The molecule has 0 amide bonds. The molecule has 0 radical (unpaired) electrons. The quantitative estimate of drug-likeness (QED) is 0.558. The highest BCUT2D eigenvalue weighted by molar-refractivity contribution is 6.35. The maximum atomic E-state index is 6.42. The van der Waals surface area contributed by atoms with Crippen molar-refractivity contribution in [3.8, 4) is 5.75 Å². The van der Waals surface area contributed by atoms with E-state index in [1.807, 2.05) is 43.3 Å². The molecule has 1 aromatic heterocycles. The Balaban J connectivity index is 1.72. The number of nitrogens with one attached hydrogen (secondary N) is 1. The second-order valence-electron chi connectivity index (χ2n) is 6.83. The third kappa shape index (κ3) is 6.33. The Kier molecular flexibility index (Phi) is 8.78. The van der Waals surface area contributed by atoms with E-state index >= 15 is 0 Å². The third-order valence-corrected chi connectivity index (χ3v) is 5.24. The molecule has 2 heterocycles. The molecule has 30 heavy (non-hydrogen) atoms. The number of morpholine rings is 1. The van der Waals surface area contributed by atoms with E-state index in [2.05, 4.69) is 15.2 Å². The minimum Gasteiger partial charge on any atom is -0.492 e. The van der Waals surface area contributed by atoms with Gasteiger partial charge in [-0.25, -0.2) is 4.98 Å². The van der Waals surface area contributed by atoms with Gasteiger partial charge in [0.25, 0.3) is 0 Å². The fourth-order valence-corrected chi connectivity index (χ4v) is 3.58. The summed E-state index contributed by atoms with van der Waals surface area (Å²) in [5, 5.41) is 5.30. The van der Waals surface area contributed by atoms with Crippen molar-refractivity contribution in [2.75, 3.05) is 58.5 Å². The zero-order chi connectivity index (χ0) is 21.3. The molecule has 0 bridgehead atoms. The van der Waals surface area contributed by atoms with Crippen LogP contribution < -0.4 is 10.1 Å². The van der Waals surface area contributed by atoms with Crippen LogP contribution in [0.3, 0.4) is 0 Å². The van der Waals surface area contributed by atoms with Gasteiger partial charge in [0.1, 0.15) is 18.2 Å². The van der Waals surface area contributed by atoms with Crippen LogP contribution in [-0.2, 0) is 9.47 Å². The molecular formula is C22H27Cl2N3O3. The summed E-state index contributed by atoms with van der Waals surface area (Å²) in [6, 6.07) is 7.57. The second kappa shape index (κ2) is 11.5. The van der Waals surface area contributed by atoms with Gasteiger partial charge in [-0.05, 0) is 37.3 Å². The number of halogens is 2. The van der Waals surface area contributed by atoms with Gasteiger partial charge < -0.3 is 19.5 Å². The fourth-order valence-electron chi connectivity index (χ4n) is 3.15. The number of anilines is 1. The van der Waals surface area contributed by atoms with Crippen LogP contribution in [0.4, 0.5) is 5.82 Å². The van der Waals surface area contributed by atoms with Gasteiger partial charge in [0.2, 0.25) is 0 Å². The Morgan fingerprint density at radius 2 is 2.07 bits per heavy atom. The van der Waals surface area contributed by atoms with Gasteiger partial charge >= 0.3 is 0 Å². The third-order valence-electron chi connectivity index (χ3n) is 4.71. The van der Waals surface area contributed by atoms with Crippen molar-refractivity contribution in [3.63, 3.8) is 0 Å². The van der Waals surface area contributed by atoms with E-state index in [-0.39, 0.29) is 0 Å². The SMILES string of the molecule is C/C=C(\C=C(\Cl)COC)Nc1ccc2c(OCCN3CCOCC3)ccc(Cl)c2n1. The molecule has 0 spiro atoms. The van der Waals surface area contributed by atoms with E-state index in [1.165, 1.54) is 0 Å². The first kappa shape index (κ1) is 22.8. The lowest BCUT2D eigenvalue weighted by molar-refractivity contribution is 0.0323. The van der Waals surface area contributed by atoms with Crippen molar-refractivity contribution >= 4 is 39.9 Å². The Bertz CT molecular complexity index is 912. The van der Waals surface area contributed by atoms with Crippen LogP contribution in [-0.4, -0.2) is 63.1 Å². The van der Waals surface area contributed by atoms with Crippen LogP contribution in [0.15, 0.2) is 47.1 Å². The van der Waals surface area contributed by atoms with E-state index in [4.69, 9.17) is 37.4 Å². The summed E-state index contributed by atoms with van der Waals surface area (Å²) in [5.41, 5.74) is 1.51. The van der Waals surface area contributed by atoms with E-state index in [0.29, 0.717) is 34.6 Å². The first-order valence-corrected chi connectivity index (χ1v) is 10.7. The van der Waals surface area contributed by atoms with Crippen LogP contribution in [0.2, 0.25) is 5.02 Å². The predicted octanol–water partition coefficient (Wildman–Crippen LogP) is 4.68. The predicted molar refractivity (Wildman–Crippen MR) is 123 cm³/mol. The zero-order valence-corrected chi connectivity index (χ0v) is 18.8. The van der Waals surface area contributed by atoms with Crippen molar-refractivity contribution < 1.29 is 14.2 Å². The summed E-state index contributed by atoms with van der Waals surface area (Å²) < 4.78 is 16.5. The molecule has 0 unspecified atom stereocenters. The second-order valence-corrected chi connectivity index (χ2v) is 7.73. The van der Waals surface area contributed by atoms with Crippen molar-refractivity contribution in [1.82, 2.24) is 9.88 Å². The largest absolute Gasteiger partial charge is 0.492 e. The molecule has 1 N–H and O–H groups in total. The number of aromatic nitrogens is 1. The van der Waals surface area contributed by atoms with Crippen LogP contribution in [0.1, 0.15) is 6.92 Å². The monoisotopic (exact) mass is 451 g/mol. The van der Waals surface area contributed by atoms with Gasteiger partial charge in [-0.2, -0.15) is 0 Å². The molecule has 0 aliphatic carbocycles. The summed E-state index contributed by atoms with van der Waals surface area (Å²) in [6.07, 6.45) is 3.72. The summed E-state index contributed by atoms with van der Waals surface area (Å²) >= 11 is 12.6. The zero-order valence-electron chi connectivity index (χ0n) is 17.3. The molecular weight excluding hydrogens is 425 g/mol. The van der Waals surface area contributed by atoms with E-state index in [1.54, 1.807) is 7.11 Å². The Morgan fingerprint density at radius 1 is 1.27 bits per heavy atom. The maximum absolute atomic E-state index is 6.42. The van der Waals surface area contributed by atoms with Gasteiger partial charge in [-0.1, -0.05) is 29.3 Å². The lowest BCUT2D eigenvalue weighted by Gasteiger charge is -2.26. The fraction of sp³-hybridized carbons (Fsp3) is 0.409. The Morgan fingerprint density at radius 3 is 2.80 bits per heavy atom. The average Bonchev–Trinajstić information content (AvgIpc) is 2.76. The smallest absolute Gasteiger partial charge is 0.131 e. The normalized spacial score (nSPS) is 16.1. The molecule has 6 nitrogen and oxygen atoms in total. The lowest BCUT2D eigenvalue weighted by atomic mass is 10.2. The van der Waals surface area contributed by atoms with Crippen molar-refractivity contribution in [2.45, 2.75) is 6.92 Å². The number of benzene rings is 1. The van der Waals surface area contributed by atoms with Crippen molar-refractivity contribution in [2.24, 2.45) is 0 Å². The number of hydrogen-bond donors (Lipinski definition) is 1. The summed E-state index contributed by atoms with van der Waals surface area (Å²) in [6.45, 7) is 7.18. The number of pyridine rings is 1. The summed E-state index contributed by atoms with van der Waals surface area (Å²) in [4.78, 5) is 7.02. The van der Waals surface area contributed by atoms with Crippen LogP contribution in [0.25, 0.3) is 10.9 Å². The molecule has 2 aromatic rings.